The number of alkyl halides is 1. The molecule has 0 N–H and O–H groups in total. The van der Waals surface area contributed by atoms with Gasteiger partial charge in [0, 0.05) is 15.9 Å². The highest BCUT2D eigenvalue weighted by atomic mass is 79.9. The van der Waals surface area contributed by atoms with Gasteiger partial charge in [-0.25, -0.2) is 4.39 Å². The highest BCUT2D eigenvalue weighted by molar-refractivity contribution is 9.10. The average molecular weight is 250 g/mol. The lowest BCUT2D eigenvalue weighted by molar-refractivity contribution is 0.623. The lowest BCUT2D eigenvalue weighted by Gasteiger charge is -2.03. The van der Waals surface area contributed by atoms with Gasteiger partial charge < -0.3 is 0 Å². The normalized spacial score (nSPS) is 9.92. The summed E-state index contributed by atoms with van der Waals surface area (Å²) in [6.07, 6.45) is 0. The minimum atomic E-state index is -0.296. The molecule has 0 radical (unpaired) electrons. The van der Waals surface area contributed by atoms with Crippen LogP contribution < -0.4 is 0 Å². The summed E-state index contributed by atoms with van der Waals surface area (Å²) in [7, 11) is 0. The number of halogens is 3. The van der Waals surface area contributed by atoms with Crippen LogP contribution in [0.3, 0.4) is 0 Å². The SMILES string of the molecule is C=C(CCl)c1ccc(Br)cc1F. The van der Waals surface area contributed by atoms with E-state index in [-0.39, 0.29) is 11.7 Å². The van der Waals surface area contributed by atoms with E-state index >= 15 is 0 Å². The summed E-state index contributed by atoms with van der Waals surface area (Å²) in [4.78, 5) is 0. The largest absolute Gasteiger partial charge is 0.206 e. The topological polar surface area (TPSA) is 0 Å². The fourth-order valence-corrected chi connectivity index (χ4v) is 1.33. The molecule has 0 fully saturated rings. The predicted molar refractivity (Wildman–Crippen MR) is 53.9 cm³/mol. The molecule has 1 rings (SSSR count). The first-order valence-corrected chi connectivity index (χ1v) is 4.67. The van der Waals surface area contributed by atoms with Gasteiger partial charge in [-0.15, -0.1) is 11.6 Å². The van der Waals surface area contributed by atoms with Gasteiger partial charge in [-0.2, -0.15) is 0 Å². The third-order valence-electron chi connectivity index (χ3n) is 1.47. The molecule has 1 aromatic rings. The van der Waals surface area contributed by atoms with Crippen molar-refractivity contribution in [3.63, 3.8) is 0 Å². The average Bonchev–Trinajstić information content (AvgIpc) is 2.03. The van der Waals surface area contributed by atoms with Crippen molar-refractivity contribution in [1.29, 1.82) is 0 Å². The Balaban J connectivity index is 3.09. The van der Waals surface area contributed by atoms with Crippen LogP contribution in [0.15, 0.2) is 29.3 Å². The maximum Gasteiger partial charge on any atom is 0.131 e. The molecule has 0 atom stereocenters. The predicted octanol–water partition coefficient (Wildman–Crippen LogP) is 3.84. The summed E-state index contributed by atoms with van der Waals surface area (Å²) >= 11 is 8.69. The second-order valence-corrected chi connectivity index (χ2v) is 3.54. The van der Waals surface area contributed by atoms with Crippen LogP contribution in [0.2, 0.25) is 0 Å². The first-order chi connectivity index (χ1) is 5.65. The molecule has 1 aromatic carbocycles. The number of allylic oxidation sites excluding steroid dienone is 1. The molecule has 0 aliphatic carbocycles. The first-order valence-electron chi connectivity index (χ1n) is 3.34. The van der Waals surface area contributed by atoms with E-state index in [0.29, 0.717) is 15.6 Å². The highest BCUT2D eigenvalue weighted by Crippen LogP contribution is 2.21. The first kappa shape index (κ1) is 9.75. The monoisotopic (exact) mass is 248 g/mol. The van der Waals surface area contributed by atoms with Gasteiger partial charge >= 0.3 is 0 Å². The second-order valence-electron chi connectivity index (χ2n) is 2.36. The van der Waals surface area contributed by atoms with Crippen LogP contribution in [-0.4, -0.2) is 5.88 Å². The van der Waals surface area contributed by atoms with Crippen molar-refractivity contribution >= 4 is 33.1 Å². The van der Waals surface area contributed by atoms with Crippen LogP contribution in [0.4, 0.5) is 4.39 Å². The van der Waals surface area contributed by atoms with Crippen molar-refractivity contribution < 1.29 is 4.39 Å². The lowest BCUT2D eigenvalue weighted by atomic mass is 10.1. The van der Waals surface area contributed by atoms with Crippen LogP contribution in [0.5, 0.6) is 0 Å². The maximum atomic E-state index is 13.1. The molecule has 0 saturated heterocycles. The quantitative estimate of drug-likeness (QED) is 0.699. The van der Waals surface area contributed by atoms with Crippen molar-refractivity contribution in [1.82, 2.24) is 0 Å². The molecule has 0 saturated carbocycles. The molecule has 0 aliphatic heterocycles. The zero-order chi connectivity index (χ0) is 9.14. The Hall–Kier alpha value is -0.340. The number of hydrogen-bond acceptors (Lipinski definition) is 0. The second kappa shape index (κ2) is 4.06. The third kappa shape index (κ3) is 2.08. The van der Waals surface area contributed by atoms with E-state index in [2.05, 4.69) is 22.5 Å². The molecular weight excluding hydrogens is 242 g/mol. The lowest BCUT2D eigenvalue weighted by Crippen LogP contribution is -1.89. The molecule has 0 aliphatic rings. The zero-order valence-electron chi connectivity index (χ0n) is 6.28. The molecule has 0 amide bonds. The molecule has 12 heavy (non-hydrogen) atoms. The zero-order valence-corrected chi connectivity index (χ0v) is 8.62. The summed E-state index contributed by atoms with van der Waals surface area (Å²) in [6, 6.07) is 4.81. The van der Waals surface area contributed by atoms with Gasteiger partial charge in [-0.05, 0) is 17.7 Å². The van der Waals surface area contributed by atoms with Crippen LogP contribution in [0.1, 0.15) is 5.56 Å². The van der Waals surface area contributed by atoms with Crippen molar-refractivity contribution in [2.24, 2.45) is 0 Å². The fourth-order valence-electron chi connectivity index (χ4n) is 0.848. The molecule has 0 bridgehead atoms. The Kier molecular flexibility index (Phi) is 3.29. The molecule has 0 aromatic heterocycles. The number of rotatable bonds is 2. The van der Waals surface area contributed by atoms with Crippen molar-refractivity contribution in [3.8, 4) is 0 Å². The summed E-state index contributed by atoms with van der Waals surface area (Å²) in [5, 5.41) is 0. The number of hydrogen-bond donors (Lipinski definition) is 0. The molecule has 3 heteroatoms. The Morgan fingerprint density at radius 1 is 1.58 bits per heavy atom. The summed E-state index contributed by atoms with van der Waals surface area (Å²) < 4.78 is 13.9. The molecule has 0 nitrogen and oxygen atoms in total. The van der Waals surface area contributed by atoms with Crippen LogP contribution in [-0.2, 0) is 0 Å². The van der Waals surface area contributed by atoms with Crippen LogP contribution in [0.25, 0.3) is 5.57 Å². The van der Waals surface area contributed by atoms with Crippen molar-refractivity contribution in [2.45, 2.75) is 0 Å². The van der Waals surface area contributed by atoms with Crippen LogP contribution >= 0.6 is 27.5 Å². The van der Waals surface area contributed by atoms with Crippen molar-refractivity contribution in [3.05, 3.63) is 40.6 Å². The smallest absolute Gasteiger partial charge is 0.131 e. The van der Waals surface area contributed by atoms with E-state index in [9.17, 15) is 4.39 Å². The van der Waals surface area contributed by atoms with Gasteiger partial charge in [0.25, 0.3) is 0 Å². The van der Waals surface area contributed by atoms with Gasteiger partial charge in [0.15, 0.2) is 0 Å². The minimum absolute atomic E-state index is 0.249. The Labute approximate surface area is 84.2 Å². The van der Waals surface area contributed by atoms with Gasteiger partial charge in [-0.1, -0.05) is 28.6 Å². The molecule has 0 heterocycles. The van der Waals surface area contributed by atoms with Gasteiger partial charge in [0.2, 0.25) is 0 Å². The Morgan fingerprint density at radius 3 is 2.75 bits per heavy atom. The van der Waals surface area contributed by atoms with E-state index < -0.39 is 0 Å². The Bertz CT molecular complexity index is 309. The maximum absolute atomic E-state index is 13.1. The summed E-state index contributed by atoms with van der Waals surface area (Å²) in [5.74, 6) is -0.0477. The molecule has 64 valence electrons. The minimum Gasteiger partial charge on any atom is -0.206 e. The highest BCUT2D eigenvalue weighted by Gasteiger charge is 2.04. The van der Waals surface area contributed by atoms with Crippen LogP contribution in [0, 0.1) is 5.82 Å². The van der Waals surface area contributed by atoms with Gasteiger partial charge in [0.05, 0.1) is 0 Å². The Morgan fingerprint density at radius 2 is 2.25 bits per heavy atom. The van der Waals surface area contributed by atoms with Gasteiger partial charge in [0.1, 0.15) is 5.82 Å². The van der Waals surface area contributed by atoms with E-state index in [1.807, 2.05) is 0 Å². The van der Waals surface area contributed by atoms with Gasteiger partial charge in [-0.3, -0.25) is 0 Å². The van der Waals surface area contributed by atoms with E-state index in [1.165, 1.54) is 6.07 Å². The standard InChI is InChI=1S/C9H7BrClF/c1-6(5-11)8-3-2-7(10)4-9(8)12/h2-4H,1,5H2. The van der Waals surface area contributed by atoms with E-state index in [4.69, 9.17) is 11.6 Å². The third-order valence-corrected chi connectivity index (χ3v) is 2.29. The molecule has 0 spiro atoms. The summed E-state index contributed by atoms with van der Waals surface area (Å²) in [5.41, 5.74) is 1.08. The van der Waals surface area contributed by atoms with Crippen molar-refractivity contribution in [2.75, 3.05) is 5.88 Å². The summed E-state index contributed by atoms with van der Waals surface area (Å²) in [6.45, 7) is 3.65. The fraction of sp³-hybridized carbons (Fsp3) is 0.111. The molecular formula is C9H7BrClF. The van der Waals surface area contributed by atoms with E-state index in [1.54, 1.807) is 12.1 Å². The van der Waals surface area contributed by atoms with E-state index in [0.717, 1.165) is 0 Å². The number of benzene rings is 1. The molecule has 0 unspecified atom stereocenters.